The van der Waals surface area contributed by atoms with E-state index in [-0.39, 0.29) is 29.4 Å². The summed E-state index contributed by atoms with van der Waals surface area (Å²) in [6.45, 7) is 6.94. The Morgan fingerprint density at radius 2 is 2.00 bits per heavy atom. The number of carbonyl (C=O) groups excluding carboxylic acids is 1. The first-order chi connectivity index (χ1) is 13.6. The first-order valence-corrected chi connectivity index (χ1v) is 11.4. The van der Waals surface area contributed by atoms with Crippen molar-refractivity contribution in [2.75, 3.05) is 11.4 Å². The van der Waals surface area contributed by atoms with Crippen LogP contribution in [0.5, 0.6) is 0 Å². The van der Waals surface area contributed by atoms with Crippen molar-refractivity contribution >= 4 is 33.2 Å². The third-order valence-corrected chi connectivity index (χ3v) is 6.35. The molecule has 0 fully saturated rings. The number of rotatable bonds is 6. The van der Waals surface area contributed by atoms with Gasteiger partial charge in [-0.3, -0.25) is 9.69 Å². The second kappa shape index (κ2) is 8.44. The number of hydrogen-bond acceptors (Lipinski definition) is 4. The topological polar surface area (TPSA) is 83.7 Å². The van der Waals surface area contributed by atoms with E-state index in [4.69, 9.17) is 16.7 Å². The van der Waals surface area contributed by atoms with Crippen LogP contribution in [0, 0.1) is 0 Å². The van der Waals surface area contributed by atoms with Crippen LogP contribution in [0.4, 0.5) is 5.69 Å². The molecule has 1 heterocycles. The summed E-state index contributed by atoms with van der Waals surface area (Å²) in [6.07, 6.45) is 0.598. The summed E-state index contributed by atoms with van der Waals surface area (Å²) in [5.74, 6) is -0.0182. The van der Waals surface area contributed by atoms with Crippen molar-refractivity contribution in [1.29, 1.82) is 0 Å². The van der Waals surface area contributed by atoms with E-state index >= 15 is 0 Å². The highest BCUT2D eigenvalue weighted by Gasteiger charge is 2.32. The molecule has 1 aliphatic rings. The number of amides is 1. The molecule has 2 N–H and O–H groups in total. The number of carbonyl (C=O) groups is 1. The summed E-state index contributed by atoms with van der Waals surface area (Å²) in [5, 5.41) is 5.91. The van der Waals surface area contributed by atoms with Crippen molar-refractivity contribution < 1.29 is 13.2 Å². The van der Waals surface area contributed by atoms with Crippen molar-refractivity contribution in [2.24, 2.45) is 5.14 Å². The summed E-state index contributed by atoms with van der Waals surface area (Å²) in [7, 11) is -3.77. The largest absolute Gasteiger partial charge is 0.308 e. The van der Waals surface area contributed by atoms with Gasteiger partial charge in [0.15, 0.2) is 0 Å². The van der Waals surface area contributed by atoms with Crippen LogP contribution in [-0.2, 0) is 27.8 Å². The van der Waals surface area contributed by atoms with E-state index in [0.717, 1.165) is 16.8 Å². The third kappa shape index (κ3) is 4.98. The number of halogens is 1. The molecule has 0 spiro atoms. The van der Waals surface area contributed by atoms with Crippen molar-refractivity contribution in [3.05, 3.63) is 58.6 Å². The molecule has 1 aliphatic heterocycles. The minimum absolute atomic E-state index is 0.0182. The maximum absolute atomic E-state index is 13.2. The molecule has 0 bridgehead atoms. The smallest absolute Gasteiger partial charge is 0.241 e. The molecule has 3 rings (SSSR count). The molecular formula is C21H26ClN3O3S. The van der Waals surface area contributed by atoms with Crippen LogP contribution >= 0.6 is 11.6 Å². The van der Waals surface area contributed by atoms with E-state index in [1.807, 2.05) is 31.2 Å². The van der Waals surface area contributed by atoms with Gasteiger partial charge in [0.25, 0.3) is 0 Å². The molecule has 29 heavy (non-hydrogen) atoms. The van der Waals surface area contributed by atoms with E-state index in [9.17, 15) is 13.2 Å². The molecule has 0 radical (unpaired) electrons. The fraction of sp³-hybridized carbons (Fsp3) is 0.381. The average molecular weight is 436 g/mol. The zero-order valence-electron chi connectivity index (χ0n) is 16.8. The Bertz CT molecular complexity index is 1020. The van der Waals surface area contributed by atoms with Gasteiger partial charge >= 0.3 is 0 Å². The Balaban J connectivity index is 1.81. The predicted octanol–water partition coefficient (Wildman–Crippen LogP) is 3.18. The molecule has 0 saturated heterocycles. The van der Waals surface area contributed by atoms with E-state index < -0.39 is 10.0 Å². The SMILES string of the molecule is CC(C)N(CC(=O)N1c2ccc(S(N)(=O)=O)cc2CC1C)Cc1cccc(Cl)c1. The summed E-state index contributed by atoms with van der Waals surface area (Å²) in [4.78, 5) is 17.1. The number of sulfonamides is 1. The van der Waals surface area contributed by atoms with Crippen molar-refractivity contribution in [2.45, 2.75) is 50.7 Å². The zero-order valence-corrected chi connectivity index (χ0v) is 18.4. The Hall–Kier alpha value is -1.93. The van der Waals surface area contributed by atoms with Gasteiger partial charge in [-0.05, 0) is 68.7 Å². The van der Waals surface area contributed by atoms with Crippen molar-refractivity contribution in [3.8, 4) is 0 Å². The van der Waals surface area contributed by atoms with Gasteiger partial charge in [0.1, 0.15) is 0 Å². The number of hydrogen-bond donors (Lipinski definition) is 1. The fourth-order valence-corrected chi connectivity index (χ4v) is 4.48. The Morgan fingerprint density at radius 3 is 2.62 bits per heavy atom. The van der Waals surface area contributed by atoms with Crippen LogP contribution in [0.15, 0.2) is 47.4 Å². The second-order valence-corrected chi connectivity index (χ2v) is 9.78. The standard InChI is InChI=1S/C21H26ClN3O3S/c1-14(2)24(12-16-5-4-6-18(22)10-16)13-21(26)25-15(3)9-17-11-19(29(23,27)28)7-8-20(17)25/h4-8,10-11,14-15H,9,12-13H2,1-3H3,(H2,23,27,28). The third-order valence-electron chi connectivity index (χ3n) is 5.21. The van der Waals surface area contributed by atoms with Gasteiger partial charge in [0.2, 0.25) is 15.9 Å². The number of anilines is 1. The van der Waals surface area contributed by atoms with E-state index in [1.54, 1.807) is 17.0 Å². The van der Waals surface area contributed by atoms with Crippen molar-refractivity contribution in [1.82, 2.24) is 4.90 Å². The summed E-state index contributed by atoms with van der Waals surface area (Å²) < 4.78 is 23.3. The van der Waals surface area contributed by atoms with Crippen LogP contribution in [0.1, 0.15) is 31.9 Å². The van der Waals surface area contributed by atoms with Crippen LogP contribution < -0.4 is 10.0 Å². The monoisotopic (exact) mass is 435 g/mol. The maximum Gasteiger partial charge on any atom is 0.241 e. The van der Waals surface area contributed by atoms with Gasteiger partial charge in [0.05, 0.1) is 11.4 Å². The highest BCUT2D eigenvalue weighted by atomic mass is 35.5. The minimum atomic E-state index is -3.77. The molecule has 0 aromatic heterocycles. The summed E-state index contributed by atoms with van der Waals surface area (Å²) >= 11 is 6.09. The quantitative estimate of drug-likeness (QED) is 0.755. The molecule has 6 nitrogen and oxygen atoms in total. The van der Waals surface area contributed by atoms with Crippen LogP contribution in [-0.4, -0.2) is 37.9 Å². The number of benzene rings is 2. The molecule has 8 heteroatoms. The Kier molecular flexibility index (Phi) is 6.33. The van der Waals surface area contributed by atoms with Crippen LogP contribution in [0.2, 0.25) is 5.02 Å². The zero-order chi connectivity index (χ0) is 21.3. The van der Waals surface area contributed by atoms with Gasteiger partial charge in [0, 0.05) is 29.3 Å². The lowest BCUT2D eigenvalue weighted by molar-refractivity contribution is -0.120. The molecule has 0 aliphatic carbocycles. The summed E-state index contributed by atoms with van der Waals surface area (Å²) in [6, 6.07) is 12.5. The van der Waals surface area contributed by atoms with E-state index in [2.05, 4.69) is 18.7 Å². The lowest BCUT2D eigenvalue weighted by Gasteiger charge is -2.30. The van der Waals surface area contributed by atoms with Crippen LogP contribution in [0.25, 0.3) is 0 Å². The number of fused-ring (bicyclic) bond motifs is 1. The Morgan fingerprint density at radius 1 is 1.28 bits per heavy atom. The molecule has 1 amide bonds. The molecule has 1 atom stereocenters. The lowest BCUT2D eigenvalue weighted by atomic mass is 10.1. The normalized spacial score (nSPS) is 16.5. The van der Waals surface area contributed by atoms with Crippen molar-refractivity contribution in [3.63, 3.8) is 0 Å². The molecule has 1 unspecified atom stereocenters. The fourth-order valence-electron chi connectivity index (χ4n) is 3.71. The predicted molar refractivity (Wildman–Crippen MR) is 115 cm³/mol. The first-order valence-electron chi connectivity index (χ1n) is 9.52. The molecule has 156 valence electrons. The number of primary sulfonamides is 1. The average Bonchev–Trinajstić information content (AvgIpc) is 2.95. The molecule has 2 aromatic rings. The molecule has 2 aromatic carbocycles. The van der Waals surface area contributed by atoms with E-state index in [1.165, 1.54) is 6.07 Å². The van der Waals surface area contributed by atoms with Gasteiger partial charge in [-0.1, -0.05) is 23.7 Å². The minimum Gasteiger partial charge on any atom is -0.308 e. The number of nitrogens with two attached hydrogens (primary N) is 1. The molecule has 0 saturated carbocycles. The second-order valence-electron chi connectivity index (χ2n) is 7.78. The summed E-state index contributed by atoms with van der Waals surface area (Å²) in [5.41, 5.74) is 2.62. The van der Waals surface area contributed by atoms with E-state index in [0.29, 0.717) is 18.0 Å². The van der Waals surface area contributed by atoms with Gasteiger partial charge in [-0.25, -0.2) is 13.6 Å². The lowest BCUT2D eigenvalue weighted by Crippen LogP contribution is -2.45. The maximum atomic E-state index is 13.2. The Labute approximate surface area is 177 Å². The first kappa shape index (κ1) is 21.8. The van der Waals surface area contributed by atoms with Gasteiger partial charge in [-0.2, -0.15) is 0 Å². The van der Waals surface area contributed by atoms with Gasteiger partial charge < -0.3 is 4.90 Å². The molecular weight excluding hydrogens is 410 g/mol. The highest BCUT2D eigenvalue weighted by molar-refractivity contribution is 7.89. The van der Waals surface area contributed by atoms with Crippen LogP contribution in [0.3, 0.4) is 0 Å². The highest BCUT2D eigenvalue weighted by Crippen LogP contribution is 2.34. The van der Waals surface area contributed by atoms with Gasteiger partial charge in [-0.15, -0.1) is 0 Å². The number of nitrogens with zero attached hydrogens (tertiary/aromatic N) is 2.